The van der Waals surface area contributed by atoms with Crippen LogP contribution >= 0.6 is 12.2 Å². The molecule has 0 bridgehead atoms. The second kappa shape index (κ2) is 12.7. The molecule has 2 amide bonds. The van der Waals surface area contributed by atoms with Gasteiger partial charge in [0.25, 0.3) is 5.91 Å². The summed E-state index contributed by atoms with van der Waals surface area (Å²) in [5.74, 6) is -0.965. The third-order valence-electron chi connectivity index (χ3n) is 4.42. The van der Waals surface area contributed by atoms with E-state index in [0.29, 0.717) is 17.9 Å². The van der Waals surface area contributed by atoms with Crippen LogP contribution in [0.4, 0.5) is 5.69 Å². The minimum absolute atomic E-state index is 0.0165. The molecule has 7 nitrogen and oxygen atoms in total. The first kappa shape index (κ1) is 26.0. The van der Waals surface area contributed by atoms with E-state index < -0.39 is 5.97 Å². The van der Waals surface area contributed by atoms with Crippen LogP contribution in [0.1, 0.15) is 56.0 Å². The Hall–Kier alpha value is -3.26. The summed E-state index contributed by atoms with van der Waals surface area (Å²) in [5, 5.41) is 8.42. The summed E-state index contributed by atoms with van der Waals surface area (Å²) < 4.78 is 5.18. The molecule has 0 saturated carbocycles. The Morgan fingerprint density at radius 2 is 1.61 bits per heavy atom. The molecule has 0 atom stereocenters. The predicted octanol–water partition coefficient (Wildman–Crippen LogP) is 3.98. The van der Waals surface area contributed by atoms with Crippen molar-refractivity contribution in [2.75, 3.05) is 11.9 Å². The second-order valence-electron chi connectivity index (χ2n) is 8.59. The Kier molecular flexibility index (Phi) is 10.00. The van der Waals surface area contributed by atoms with Gasteiger partial charge in [0.2, 0.25) is 5.91 Å². The van der Waals surface area contributed by atoms with Gasteiger partial charge in [0.1, 0.15) is 0 Å². The van der Waals surface area contributed by atoms with Crippen molar-refractivity contribution in [2.45, 2.75) is 52.0 Å². The first-order chi connectivity index (χ1) is 15.6. The minimum Gasteiger partial charge on any atom is -0.466 e. The molecule has 0 heterocycles. The summed E-state index contributed by atoms with van der Waals surface area (Å²) in [5.41, 5.74) is 2.02. The lowest BCUT2D eigenvalue weighted by Gasteiger charge is -2.20. The number of amides is 2. The normalized spacial score (nSPS) is 10.8. The molecule has 2 aromatic rings. The zero-order valence-electron chi connectivity index (χ0n) is 19.3. The molecule has 0 aliphatic heterocycles. The van der Waals surface area contributed by atoms with Crippen LogP contribution in [0.25, 0.3) is 0 Å². The lowest BCUT2D eigenvalue weighted by molar-refractivity contribution is -0.145. The number of ether oxygens (including phenoxy) is 1. The van der Waals surface area contributed by atoms with E-state index in [1.165, 1.54) is 5.56 Å². The fourth-order valence-electron chi connectivity index (χ4n) is 2.86. The van der Waals surface area contributed by atoms with Crippen LogP contribution in [-0.4, -0.2) is 35.0 Å². The SMILES string of the molecule is CC(C)(C)NC(=O)c1ccc(NC(=S)NC(=O)CCC(=O)OCCCc2ccccc2)cc1. The van der Waals surface area contributed by atoms with Gasteiger partial charge in [-0.15, -0.1) is 0 Å². The van der Waals surface area contributed by atoms with Gasteiger partial charge in [-0.1, -0.05) is 30.3 Å². The van der Waals surface area contributed by atoms with E-state index in [-0.39, 0.29) is 35.3 Å². The summed E-state index contributed by atoms with van der Waals surface area (Å²) in [7, 11) is 0. The number of hydrogen-bond donors (Lipinski definition) is 3. The van der Waals surface area contributed by atoms with E-state index >= 15 is 0 Å². The van der Waals surface area contributed by atoms with E-state index in [1.54, 1.807) is 24.3 Å². The maximum absolute atomic E-state index is 12.2. The highest BCUT2D eigenvalue weighted by Gasteiger charge is 2.15. The van der Waals surface area contributed by atoms with Crippen LogP contribution < -0.4 is 16.0 Å². The zero-order valence-corrected chi connectivity index (χ0v) is 20.1. The Balaban J connectivity index is 1.64. The van der Waals surface area contributed by atoms with E-state index in [2.05, 4.69) is 16.0 Å². The molecular formula is C25H31N3O4S. The maximum Gasteiger partial charge on any atom is 0.306 e. The first-order valence-electron chi connectivity index (χ1n) is 10.9. The molecule has 2 rings (SSSR count). The molecular weight excluding hydrogens is 438 g/mol. The number of nitrogens with one attached hydrogen (secondary N) is 3. The molecule has 0 radical (unpaired) electrons. The van der Waals surface area contributed by atoms with Crippen molar-refractivity contribution in [1.29, 1.82) is 0 Å². The molecule has 0 saturated heterocycles. The van der Waals surface area contributed by atoms with Crippen molar-refractivity contribution >= 4 is 40.8 Å². The molecule has 0 fully saturated rings. The predicted molar refractivity (Wildman–Crippen MR) is 133 cm³/mol. The third kappa shape index (κ3) is 10.7. The fraction of sp³-hybridized carbons (Fsp3) is 0.360. The number of thiocarbonyl (C=S) groups is 1. The van der Waals surface area contributed by atoms with Gasteiger partial charge in [0.15, 0.2) is 5.11 Å². The van der Waals surface area contributed by atoms with Crippen LogP contribution in [0.3, 0.4) is 0 Å². The average molecular weight is 470 g/mol. The number of rotatable bonds is 9. The molecule has 3 N–H and O–H groups in total. The molecule has 0 aliphatic carbocycles. The largest absolute Gasteiger partial charge is 0.466 e. The molecule has 176 valence electrons. The van der Waals surface area contributed by atoms with Crippen molar-refractivity contribution in [1.82, 2.24) is 10.6 Å². The Bertz CT molecular complexity index is 954. The third-order valence-corrected chi connectivity index (χ3v) is 4.62. The Morgan fingerprint density at radius 3 is 2.24 bits per heavy atom. The summed E-state index contributed by atoms with van der Waals surface area (Å²) in [6.07, 6.45) is 1.52. The van der Waals surface area contributed by atoms with E-state index in [1.807, 2.05) is 51.1 Å². The first-order valence-corrected chi connectivity index (χ1v) is 11.3. The van der Waals surface area contributed by atoms with E-state index in [9.17, 15) is 14.4 Å². The molecule has 0 aromatic heterocycles. The maximum atomic E-state index is 12.2. The Labute approximate surface area is 200 Å². The van der Waals surface area contributed by atoms with Crippen LogP contribution in [0.2, 0.25) is 0 Å². The summed E-state index contributed by atoms with van der Waals surface area (Å²) in [6.45, 7) is 6.05. The van der Waals surface area contributed by atoms with Crippen molar-refractivity contribution in [3.05, 3.63) is 65.7 Å². The highest BCUT2D eigenvalue weighted by Crippen LogP contribution is 2.11. The number of benzene rings is 2. The van der Waals surface area contributed by atoms with Crippen LogP contribution in [0.15, 0.2) is 54.6 Å². The smallest absolute Gasteiger partial charge is 0.306 e. The van der Waals surface area contributed by atoms with Crippen LogP contribution in [0.5, 0.6) is 0 Å². The summed E-state index contributed by atoms with van der Waals surface area (Å²) >= 11 is 5.14. The van der Waals surface area contributed by atoms with E-state index in [0.717, 1.165) is 12.8 Å². The second-order valence-corrected chi connectivity index (χ2v) is 9.00. The number of aryl methyl sites for hydroxylation is 1. The molecule has 33 heavy (non-hydrogen) atoms. The van der Waals surface area contributed by atoms with Crippen molar-refractivity contribution < 1.29 is 19.1 Å². The van der Waals surface area contributed by atoms with Gasteiger partial charge in [-0.25, -0.2) is 0 Å². The number of carbonyl (C=O) groups excluding carboxylic acids is 3. The number of esters is 1. The topological polar surface area (TPSA) is 96.5 Å². The highest BCUT2D eigenvalue weighted by molar-refractivity contribution is 7.80. The van der Waals surface area contributed by atoms with Gasteiger partial charge in [-0.05, 0) is 75.7 Å². The lowest BCUT2D eigenvalue weighted by atomic mass is 10.1. The fourth-order valence-corrected chi connectivity index (χ4v) is 3.10. The van der Waals surface area contributed by atoms with Gasteiger partial charge in [0, 0.05) is 23.2 Å². The summed E-state index contributed by atoms with van der Waals surface area (Å²) in [6, 6.07) is 16.7. The molecule has 0 unspecified atom stereocenters. The summed E-state index contributed by atoms with van der Waals surface area (Å²) in [4.78, 5) is 36.0. The van der Waals surface area contributed by atoms with Gasteiger partial charge >= 0.3 is 5.97 Å². The van der Waals surface area contributed by atoms with Crippen LogP contribution in [-0.2, 0) is 20.7 Å². The minimum atomic E-state index is -0.416. The standard InChI is InChI=1S/C25H31N3O4S/c1-25(2,3)28-23(31)19-11-13-20(14-12-19)26-24(33)27-21(29)15-16-22(30)32-17-7-10-18-8-5-4-6-9-18/h4-6,8-9,11-14H,7,10,15-17H2,1-3H3,(H,28,31)(H2,26,27,29,33). The number of anilines is 1. The number of hydrogen-bond acceptors (Lipinski definition) is 5. The monoisotopic (exact) mass is 469 g/mol. The molecule has 0 spiro atoms. The van der Waals surface area contributed by atoms with Crippen molar-refractivity contribution in [3.8, 4) is 0 Å². The van der Waals surface area contributed by atoms with Gasteiger partial charge in [0.05, 0.1) is 13.0 Å². The van der Waals surface area contributed by atoms with Crippen molar-refractivity contribution in [2.24, 2.45) is 0 Å². The quantitative estimate of drug-likeness (QED) is 0.292. The van der Waals surface area contributed by atoms with Gasteiger partial charge in [-0.2, -0.15) is 0 Å². The molecule has 0 aliphatic rings. The zero-order chi connectivity index (χ0) is 24.3. The van der Waals surface area contributed by atoms with E-state index in [4.69, 9.17) is 17.0 Å². The molecule has 8 heteroatoms. The van der Waals surface area contributed by atoms with Gasteiger partial charge < -0.3 is 20.7 Å². The van der Waals surface area contributed by atoms with Crippen molar-refractivity contribution in [3.63, 3.8) is 0 Å². The van der Waals surface area contributed by atoms with Crippen LogP contribution in [0, 0.1) is 0 Å². The molecule has 2 aromatic carbocycles. The number of carbonyl (C=O) groups is 3. The highest BCUT2D eigenvalue weighted by atomic mass is 32.1. The lowest BCUT2D eigenvalue weighted by Crippen LogP contribution is -2.40. The average Bonchev–Trinajstić information content (AvgIpc) is 2.75. The van der Waals surface area contributed by atoms with Gasteiger partial charge in [-0.3, -0.25) is 14.4 Å². The Morgan fingerprint density at radius 1 is 0.939 bits per heavy atom.